The lowest BCUT2D eigenvalue weighted by molar-refractivity contribution is -0.149. The molecule has 0 spiro atoms. The van der Waals surface area contributed by atoms with Gasteiger partial charge in [-0.05, 0) is 94.6 Å². The Hall–Kier alpha value is -0.480. The Labute approximate surface area is 399 Å². The maximum absolute atomic E-state index is 13.0. The molecule has 2 saturated carbocycles. The van der Waals surface area contributed by atoms with E-state index in [4.69, 9.17) is 14.2 Å². The molecule has 2 unspecified atom stereocenters. The molecule has 2 atom stereocenters. The van der Waals surface area contributed by atoms with E-state index in [1.165, 1.54) is 153 Å². The molecule has 0 bridgehead atoms. The molecule has 1 N–H and O–H groups in total. The van der Waals surface area contributed by atoms with Crippen molar-refractivity contribution in [2.75, 3.05) is 56.4 Å². The van der Waals surface area contributed by atoms with Crippen LogP contribution in [0.15, 0.2) is 0 Å². The summed E-state index contributed by atoms with van der Waals surface area (Å²) in [6.45, 7) is 6.42. The van der Waals surface area contributed by atoms with Crippen molar-refractivity contribution in [1.29, 1.82) is 0 Å². The van der Waals surface area contributed by atoms with E-state index in [0.29, 0.717) is 32.1 Å². The maximum Gasteiger partial charge on any atom is 0.306 e. The zero-order valence-corrected chi connectivity index (χ0v) is 43.4. The zero-order chi connectivity index (χ0) is 45.3. The SMILES string of the molecule is CCCCCCCCCC(=O)OC(CCCCC(CCCCC(CSCCC1CCCCC1)OC(=O)CCCCCCCCC)N(C)CCOCCO)CSCCC1CCCCC1. The van der Waals surface area contributed by atoms with Crippen LogP contribution in [0.5, 0.6) is 0 Å². The summed E-state index contributed by atoms with van der Waals surface area (Å²) in [5.74, 6) is 6.00. The minimum absolute atomic E-state index is 0.00587. The van der Waals surface area contributed by atoms with Gasteiger partial charge >= 0.3 is 11.9 Å². The van der Waals surface area contributed by atoms with Gasteiger partial charge in [0.15, 0.2) is 0 Å². The molecule has 0 amide bonds. The molecule has 7 nitrogen and oxygen atoms in total. The van der Waals surface area contributed by atoms with Gasteiger partial charge in [-0.1, -0.05) is 168 Å². The van der Waals surface area contributed by atoms with Crippen LogP contribution in [0, 0.1) is 11.8 Å². The van der Waals surface area contributed by atoms with Crippen molar-refractivity contribution in [3.63, 3.8) is 0 Å². The third-order valence-electron chi connectivity index (χ3n) is 14.0. The summed E-state index contributed by atoms with van der Waals surface area (Å²) >= 11 is 4.02. The Balaban J connectivity index is 1.89. The highest BCUT2D eigenvalue weighted by Crippen LogP contribution is 2.30. The number of likely N-dealkylation sites (N-methyl/N-ethyl adjacent to an activating group) is 1. The number of thioether (sulfide) groups is 2. The van der Waals surface area contributed by atoms with E-state index in [1.807, 2.05) is 23.5 Å². The first-order chi connectivity index (χ1) is 30.9. The Morgan fingerprint density at radius 2 is 0.968 bits per heavy atom. The number of hydrogen-bond donors (Lipinski definition) is 1. The van der Waals surface area contributed by atoms with Crippen LogP contribution in [0.3, 0.4) is 0 Å². The number of carbonyl (C=O) groups excluding carboxylic acids is 2. The molecule has 372 valence electrons. The number of hydrogen-bond acceptors (Lipinski definition) is 9. The molecule has 9 heteroatoms. The van der Waals surface area contributed by atoms with Crippen molar-refractivity contribution in [3.05, 3.63) is 0 Å². The fourth-order valence-corrected chi connectivity index (χ4v) is 12.2. The molecule has 0 aliphatic heterocycles. The van der Waals surface area contributed by atoms with Gasteiger partial charge in [0, 0.05) is 36.9 Å². The van der Waals surface area contributed by atoms with Crippen molar-refractivity contribution in [2.24, 2.45) is 11.8 Å². The van der Waals surface area contributed by atoms with E-state index >= 15 is 0 Å². The lowest BCUT2D eigenvalue weighted by Crippen LogP contribution is -2.34. The number of rotatable bonds is 44. The van der Waals surface area contributed by atoms with Crippen molar-refractivity contribution >= 4 is 35.5 Å². The second-order valence-electron chi connectivity index (χ2n) is 19.7. The van der Waals surface area contributed by atoms with Gasteiger partial charge in [0.2, 0.25) is 0 Å². The number of esters is 2. The Morgan fingerprint density at radius 1 is 0.556 bits per heavy atom. The monoisotopic (exact) mass is 926 g/mol. The Morgan fingerprint density at radius 3 is 1.40 bits per heavy atom. The molecule has 0 aromatic rings. The van der Waals surface area contributed by atoms with Gasteiger partial charge < -0.3 is 24.2 Å². The molecule has 2 aliphatic carbocycles. The summed E-state index contributed by atoms with van der Waals surface area (Å²) in [6, 6.07) is 0.439. The molecule has 2 rings (SSSR count). The predicted molar refractivity (Wildman–Crippen MR) is 273 cm³/mol. The van der Waals surface area contributed by atoms with Gasteiger partial charge in [-0.3, -0.25) is 9.59 Å². The van der Waals surface area contributed by atoms with E-state index in [-0.39, 0.29) is 30.8 Å². The van der Waals surface area contributed by atoms with E-state index in [2.05, 4.69) is 25.8 Å². The van der Waals surface area contributed by atoms with Crippen LogP contribution in [0.4, 0.5) is 0 Å². The third-order valence-corrected chi connectivity index (χ3v) is 16.3. The fourth-order valence-electron chi connectivity index (χ4n) is 9.82. The largest absolute Gasteiger partial charge is 0.461 e. The molecule has 0 aromatic carbocycles. The summed E-state index contributed by atoms with van der Waals surface area (Å²) < 4.78 is 18.1. The van der Waals surface area contributed by atoms with Crippen molar-refractivity contribution in [2.45, 2.75) is 263 Å². The van der Waals surface area contributed by atoms with Crippen LogP contribution in [0.2, 0.25) is 0 Å². The van der Waals surface area contributed by atoms with Crippen LogP contribution in [-0.4, -0.2) is 96.6 Å². The van der Waals surface area contributed by atoms with Crippen LogP contribution in [0.1, 0.15) is 245 Å². The summed E-state index contributed by atoms with van der Waals surface area (Å²) in [5.41, 5.74) is 0. The van der Waals surface area contributed by atoms with Crippen molar-refractivity contribution < 1.29 is 28.9 Å². The normalized spacial score (nSPS) is 16.7. The highest BCUT2D eigenvalue weighted by molar-refractivity contribution is 7.99. The van der Waals surface area contributed by atoms with Crippen LogP contribution >= 0.6 is 23.5 Å². The second-order valence-corrected chi connectivity index (χ2v) is 22.0. The average molecular weight is 927 g/mol. The lowest BCUT2D eigenvalue weighted by atomic mass is 9.88. The zero-order valence-electron chi connectivity index (χ0n) is 41.8. The quantitative estimate of drug-likeness (QED) is 0.0474. The molecule has 0 radical (unpaired) electrons. The van der Waals surface area contributed by atoms with Gasteiger partial charge in [0.05, 0.1) is 19.8 Å². The van der Waals surface area contributed by atoms with E-state index in [1.54, 1.807) is 0 Å². The number of nitrogens with zero attached hydrogens (tertiary/aromatic N) is 1. The molecule has 2 aliphatic rings. The number of aliphatic hydroxyl groups excluding tert-OH is 1. The summed E-state index contributed by atoms with van der Waals surface area (Å²) in [6.07, 6.45) is 43.2. The van der Waals surface area contributed by atoms with Crippen molar-refractivity contribution in [3.8, 4) is 0 Å². The first-order valence-corrected chi connectivity index (χ1v) is 29.7. The van der Waals surface area contributed by atoms with Gasteiger partial charge in [0.25, 0.3) is 0 Å². The highest BCUT2D eigenvalue weighted by atomic mass is 32.2. The molecule has 0 saturated heterocycles. The van der Waals surface area contributed by atoms with Crippen LogP contribution in [0.25, 0.3) is 0 Å². The summed E-state index contributed by atoms with van der Waals surface area (Å²) in [4.78, 5) is 28.5. The molecular weight excluding hydrogens is 823 g/mol. The second kappa shape index (κ2) is 42.8. The molecule has 0 heterocycles. The lowest BCUT2D eigenvalue weighted by Gasteiger charge is -2.29. The van der Waals surface area contributed by atoms with Gasteiger partial charge in [0.1, 0.15) is 12.2 Å². The standard InChI is InChI=1S/C54H103NO6S2/c1-4-6-8-10-12-14-22-36-53(57)60-51(46-62-44-38-48-28-18-16-19-29-48)34-26-24-32-50(55(3)40-42-59-43-41-56)33-25-27-35-52(47-63-45-39-49-30-20-17-21-31-49)61-54(58)37-23-15-13-11-9-7-5-2/h48-52,56H,4-47H2,1-3H3. The first-order valence-electron chi connectivity index (χ1n) is 27.4. The molecule has 0 aromatic heterocycles. The molecule has 2 fully saturated rings. The Bertz CT molecular complexity index is 954. The van der Waals surface area contributed by atoms with Crippen LogP contribution in [-0.2, 0) is 23.8 Å². The average Bonchev–Trinajstić information content (AvgIpc) is 3.29. The topological polar surface area (TPSA) is 85.3 Å². The van der Waals surface area contributed by atoms with Crippen LogP contribution < -0.4 is 0 Å². The minimum Gasteiger partial charge on any atom is -0.461 e. The minimum atomic E-state index is 0.00587. The molecule has 63 heavy (non-hydrogen) atoms. The highest BCUT2D eigenvalue weighted by Gasteiger charge is 2.21. The number of aliphatic hydroxyl groups is 1. The van der Waals surface area contributed by atoms with Gasteiger partial charge in [-0.2, -0.15) is 23.5 Å². The van der Waals surface area contributed by atoms with E-state index in [9.17, 15) is 14.7 Å². The molecular formula is C54H103NO6S2. The maximum atomic E-state index is 13.0. The predicted octanol–water partition coefficient (Wildman–Crippen LogP) is 14.9. The fraction of sp³-hybridized carbons (Fsp3) is 0.963. The van der Waals surface area contributed by atoms with Gasteiger partial charge in [-0.15, -0.1) is 0 Å². The summed E-state index contributed by atoms with van der Waals surface area (Å²) in [7, 11) is 2.22. The van der Waals surface area contributed by atoms with E-state index < -0.39 is 0 Å². The Kier molecular flexibility index (Phi) is 39.9. The van der Waals surface area contributed by atoms with E-state index in [0.717, 1.165) is 107 Å². The number of unbranched alkanes of at least 4 members (excludes halogenated alkanes) is 14. The van der Waals surface area contributed by atoms with Crippen molar-refractivity contribution in [1.82, 2.24) is 4.90 Å². The summed E-state index contributed by atoms with van der Waals surface area (Å²) in [5, 5.41) is 9.26. The van der Waals surface area contributed by atoms with Gasteiger partial charge in [-0.25, -0.2) is 0 Å². The first kappa shape index (κ1) is 58.6. The number of carbonyl (C=O) groups is 2. The smallest absolute Gasteiger partial charge is 0.306 e. The number of ether oxygens (including phenoxy) is 3. The third kappa shape index (κ3) is 34.5.